The summed E-state index contributed by atoms with van der Waals surface area (Å²) in [4.78, 5) is 7.34. The summed E-state index contributed by atoms with van der Waals surface area (Å²) in [7, 11) is 0. The summed E-state index contributed by atoms with van der Waals surface area (Å²) in [6, 6.07) is 6.05. The van der Waals surface area contributed by atoms with Crippen molar-refractivity contribution in [3.63, 3.8) is 0 Å². The molecule has 2 heteroatoms. The minimum atomic E-state index is 0.788. The summed E-state index contributed by atoms with van der Waals surface area (Å²) < 4.78 is 0. The molecule has 0 aliphatic rings. The summed E-state index contributed by atoms with van der Waals surface area (Å²) in [6.07, 6.45) is 2.57. The Morgan fingerprint density at radius 2 is 2.45 bits per heavy atom. The van der Waals surface area contributed by atoms with Gasteiger partial charge in [0.1, 0.15) is 5.65 Å². The van der Waals surface area contributed by atoms with E-state index in [1.54, 1.807) is 6.20 Å². The monoisotopic (exact) mass is 145 g/mol. The Hall–Kier alpha value is -1.31. The molecule has 0 unspecified atom stereocenters. The molecule has 2 heterocycles. The zero-order valence-corrected chi connectivity index (χ0v) is 6.17. The van der Waals surface area contributed by atoms with Crippen LogP contribution < -0.4 is 0 Å². The fourth-order valence-electron chi connectivity index (χ4n) is 1.15. The van der Waals surface area contributed by atoms with Crippen molar-refractivity contribution in [2.45, 2.75) is 6.42 Å². The Kier molecular flexibility index (Phi) is 1.39. The van der Waals surface area contributed by atoms with Crippen molar-refractivity contribution in [3.8, 4) is 0 Å². The zero-order valence-electron chi connectivity index (χ0n) is 6.17. The van der Waals surface area contributed by atoms with Gasteiger partial charge < -0.3 is 4.98 Å². The number of fused-ring (bicyclic) bond motifs is 1. The van der Waals surface area contributed by atoms with Crippen LogP contribution in [0.4, 0.5) is 0 Å². The van der Waals surface area contributed by atoms with E-state index >= 15 is 0 Å². The maximum Gasteiger partial charge on any atom is 0.137 e. The van der Waals surface area contributed by atoms with Crippen LogP contribution in [0.5, 0.6) is 0 Å². The third-order valence-electron chi connectivity index (χ3n) is 1.72. The van der Waals surface area contributed by atoms with E-state index in [4.69, 9.17) is 0 Å². The second kappa shape index (κ2) is 2.38. The van der Waals surface area contributed by atoms with E-state index in [2.05, 4.69) is 23.0 Å². The zero-order chi connectivity index (χ0) is 7.68. The SMILES string of the molecule is [CH2]Cc1cc2cccnc2[nH]1. The number of pyridine rings is 1. The molecular formula is C9H9N2. The number of aromatic amines is 1. The van der Waals surface area contributed by atoms with Crippen molar-refractivity contribution < 1.29 is 0 Å². The number of hydrogen-bond donors (Lipinski definition) is 1. The lowest BCUT2D eigenvalue weighted by Crippen LogP contribution is -1.77. The third kappa shape index (κ3) is 1.00. The van der Waals surface area contributed by atoms with E-state index in [-0.39, 0.29) is 0 Å². The lowest BCUT2D eigenvalue weighted by atomic mass is 10.3. The number of H-pyrrole nitrogens is 1. The first-order valence-electron chi connectivity index (χ1n) is 3.62. The molecule has 2 nitrogen and oxygen atoms in total. The maximum absolute atomic E-state index is 4.17. The van der Waals surface area contributed by atoms with E-state index < -0.39 is 0 Å². The smallest absolute Gasteiger partial charge is 0.137 e. The predicted molar refractivity (Wildman–Crippen MR) is 45.2 cm³/mol. The van der Waals surface area contributed by atoms with E-state index in [0.717, 1.165) is 23.1 Å². The first kappa shape index (κ1) is 6.40. The molecule has 1 radical (unpaired) electrons. The number of nitrogens with zero attached hydrogens (tertiary/aromatic N) is 1. The van der Waals surface area contributed by atoms with Crippen molar-refractivity contribution in [1.29, 1.82) is 0 Å². The lowest BCUT2D eigenvalue weighted by molar-refractivity contribution is 1.15. The quantitative estimate of drug-likeness (QED) is 0.652. The molecule has 0 saturated carbocycles. The minimum Gasteiger partial charge on any atom is -0.343 e. The van der Waals surface area contributed by atoms with Gasteiger partial charge in [0.05, 0.1) is 0 Å². The number of rotatable bonds is 1. The molecule has 0 aliphatic carbocycles. The highest BCUT2D eigenvalue weighted by molar-refractivity contribution is 5.76. The van der Waals surface area contributed by atoms with Crippen LogP contribution in [0.2, 0.25) is 0 Å². The average Bonchev–Trinajstić information content (AvgIpc) is 2.46. The molecule has 2 aromatic heterocycles. The Morgan fingerprint density at radius 1 is 1.55 bits per heavy atom. The largest absolute Gasteiger partial charge is 0.343 e. The van der Waals surface area contributed by atoms with Crippen LogP contribution in [-0.2, 0) is 6.42 Å². The van der Waals surface area contributed by atoms with E-state index in [1.807, 2.05) is 12.1 Å². The highest BCUT2D eigenvalue weighted by atomic mass is 14.8. The van der Waals surface area contributed by atoms with Gasteiger partial charge in [0.25, 0.3) is 0 Å². The van der Waals surface area contributed by atoms with Crippen molar-refractivity contribution in [1.82, 2.24) is 9.97 Å². The highest BCUT2D eigenvalue weighted by Crippen LogP contribution is 2.11. The molecule has 0 fully saturated rings. The number of nitrogens with one attached hydrogen (secondary N) is 1. The first-order chi connectivity index (χ1) is 5.40. The van der Waals surface area contributed by atoms with Crippen LogP contribution in [0, 0.1) is 6.92 Å². The highest BCUT2D eigenvalue weighted by Gasteiger charge is 1.96. The van der Waals surface area contributed by atoms with Gasteiger partial charge in [-0.1, -0.05) is 0 Å². The second-order valence-corrected chi connectivity index (χ2v) is 2.49. The van der Waals surface area contributed by atoms with Crippen LogP contribution in [-0.4, -0.2) is 9.97 Å². The molecule has 0 spiro atoms. The Morgan fingerprint density at radius 3 is 3.18 bits per heavy atom. The van der Waals surface area contributed by atoms with Crippen molar-refractivity contribution in [2.24, 2.45) is 0 Å². The van der Waals surface area contributed by atoms with Crippen LogP contribution >= 0.6 is 0 Å². The molecule has 0 aliphatic heterocycles. The molecule has 2 aromatic rings. The van der Waals surface area contributed by atoms with Crippen molar-refractivity contribution >= 4 is 11.0 Å². The average molecular weight is 145 g/mol. The third-order valence-corrected chi connectivity index (χ3v) is 1.72. The van der Waals surface area contributed by atoms with Gasteiger partial charge in [0.2, 0.25) is 0 Å². The van der Waals surface area contributed by atoms with E-state index in [0.29, 0.717) is 0 Å². The molecule has 55 valence electrons. The molecule has 0 atom stereocenters. The van der Waals surface area contributed by atoms with Gasteiger partial charge in [-0.2, -0.15) is 0 Å². The summed E-state index contributed by atoms with van der Waals surface area (Å²) >= 11 is 0. The van der Waals surface area contributed by atoms with Crippen molar-refractivity contribution in [3.05, 3.63) is 37.0 Å². The summed E-state index contributed by atoms with van der Waals surface area (Å²) in [5.41, 5.74) is 2.09. The summed E-state index contributed by atoms with van der Waals surface area (Å²) in [6.45, 7) is 3.79. The van der Waals surface area contributed by atoms with E-state index in [1.165, 1.54) is 0 Å². The lowest BCUT2D eigenvalue weighted by Gasteiger charge is -1.84. The topological polar surface area (TPSA) is 28.7 Å². The fraction of sp³-hybridized carbons (Fsp3) is 0.111. The van der Waals surface area contributed by atoms with Crippen LogP contribution in [0.15, 0.2) is 24.4 Å². The van der Waals surface area contributed by atoms with Crippen LogP contribution in [0.1, 0.15) is 5.69 Å². The Labute approximate surface area is 65.3 Å². The summed E-state index contributed by atoms with van der Waals surface area (Å²) in [5, 5.41) is 1.16. The van der Waals surface area contributed by atoms with Gasteiger partial charge in [-0.05, 0) is 31.5 Å². The summed E-state index contributed by atoms with van der Waals surface area (Å²) in [5.74, 6) is 0. The molecule has 11 heavy (non-hydrogen) atoms. The normalized spacial score (nSPS) is 10.6. The van der Waals surface area contributed by atoms with Gasteiger partial charge in [0.15, 0.2) is 0 Å². The number of aromatic nitrogens is 2. The number of hydrogen-bond acceptors (Lipinski definition) is 1. The first-order valence-corrected chi connectivity index (χ1v) is 3.62. The Balaban J connectivity index is 2.69. The molecule has 0 saturated heterocycles. The standard InChI is InChI=1S/C9H9N2/c1-2-8-6-7-4-3-5-10-9(7)11-8/h3-6H,1-2H2,(H,10,11). The predicted octanol–water partition coefficient (Wildman–Crippen LogP) is 1.94. The molecule has 0 bridgehead atoms. The van der Waals surface area contributed by atoms with Gasteiger partial charge >= 0.3 is 0 Å². The van der Waals surface area contributed by atoms with Crippen molar-refractivity contribution in [2.75, 3.05) is 0 Å². The molecule has 2 rings (SSSR count). The molecule has 0 aromatic carbocycles. The minimum absolute atomic E-state index is 0.788. The van der Waals surface area contributed by atoms with Gasteiger partial charge in [0, 0.05) is 17.3 Å². The molecular weight excluding hydrogens is 136 g/mol. The molecule has 0 amide bonds. The van der Waals surface area contributed by atoms with Crippen LogP contribution in [0.25, 0.3) is 11.0 Å². The van der Waals surface area contributed by atoms with Gasteiger partial charge in [-0.15, -0.1) is 0 Å². The fourth-order valence-corrected chi connectivity index (χ4v) is 1.15. The second-order valence-electron chi connectivity index (χ2n) is 2.49. The Bertz CT molecular complexity index is 329. The van der Waals surface area contributed by atoms with Crippen LogP contribution in [0.3, 0.4) is 0 Å². The van der Waals surface area contributed by atoms with Gasteiger partial charge in [-0.3, -0.25) is 0 Å². The van der Waals surface area contributed by atoms with Gasteiger partial charge in [-0.25, -0.2) is 4.98 Å². The molecule has 1 N–H and O–H groups in total. The van der Waals surface area contributed by atoms with E-state index in [9.17, 15) is 0 Å². The maximum atomic E-state index is 4.17.